The summed E-state index contributed by atoms with van der Waals surface area (Å²) in [4.78, 5) is 11.2. The van der Waals surface area contributed by atoms with Crippen molar-refractivity contribution in [2.45, 2.75) is 25.8 Å². The molecule has 21 heavy (non-hydrogen) atoms. The molecule has 0 radical (unpaired) electrons. The van der Waals surface area contributed by atoms with Gasteiger partial charge < -0.3 is 16.2 Å². The molecule has 1 atom stereocenters. The number of nitrogens with one attached hydrogen (secondary N) is 1. The zero-order valence-corrected chi connectivity index (χ0v) is 11.9. The summed E-state index contributed by atoms with van der Waals surface area (Å²) in [5.74, 6) is -0.0947. The van der Waals surface area contributed by atoms with Crippen LogP contribution >= 0.6 is 0 Å². The van der Waals surface area contributed by atoms with E-state index in [0.29, 0.717) is 11.3 Å². The summed E-state index contributed by atoms with van der Waals surface area (Å²) in [7, 11) is 0. The van der Waals surface area contributed by atoms with Crippen LogP contribution in [0, 0.1) is 6.92 Å². The SMILES string of the molecule is Cc1cc(C(N)=O)ccc1NC1CCc2cc(O)ccc21. The maximum absolute atomic E-state index is 11.2. The fourth-order valence-corrected chi connectivity index (χ4v) is 2.92. The number of hydrogen-bond donors (Lipinski definition) is 3. The van der Waals surface area contributed by atoms with Crippen molar-refractivity contribution in [3.05, 3.63) is 58.7 Å². The molecular weight excluding hydrogens is 264 g/mol. The maximum Gasteiger partial charge on any atom is 0.248 e. The molecule has 0 aromatic heterocycles. The van der Waals surface area contributed by atoms with Gasteiger partial charge in [0.25, 0.3) is 0 Å². The Kier molecular flexibility index (Phi) is 3.29. The lowest BCUT2D eigenvalue weighted by Gasteiger charge is -2.18. The van der Waals surface area contributed by atoms with Crippen molar-refractivity contribution in [3.63, 3.8) is 0 Å². The van der Waals surface area contributed by atoms with Crippen LogP contribution in [0.15, 0.2) is 36.4 Å². The Balaban J connectivity index is 1.84. The van der Waals surface area contributed by atoms with Crippen LogP contribution in [0.25, 0.3) is 0 Å². The van der Waals surface area contributed by atoms with E-state index < -0.39 is 5.91 Å². The minimum atomic E-state index is -0.411. The molecule has 0 saturated carbocycles. The van der Waals surface area contributed by atoms with Gasteiger partial charge in [0, 0.05) is 11.3 Å². The van der Waals surface area contributed by atoms with Gasteiger partial charge in [0.1, 0.15) is 5.75 Å². The van der Waals surface area contributed by atoms with Gasteiger partial charge in [-0.25, -0.2) is 0 Å². The van der Waals surface area contributed by atoms with E-state index in [1.54, 1.807) is 18.2 Å². The number of nitrogens with two attached hydrogens (primary N) is 1. The monoisotopic (exact) mass is 282 g/mol. The normalized spacial score (nSPS) is 16.5. The van der Waals surface area contributed by atoms with Gasteiger partial charge >= 0.3 is 0 Å². The van der Waals surface area contributed by atoms with Gasteiger partial charge in [0.15, 0.2) is 0 Å². The van der Waals surface area contributed by atoms with E-state index in [-0.39, 0.29) is 6.04 Å². The summed E-state index contributed by atoms with van der Waals surface area (Å²) < 4.78 is 0. The van der Waals surface area contributed by atoms with Crippen molar-refractivity contribution in [3.8, 4) is 5.75 Å². The van der Waals surface area contributed by atoms with E-state index in [1.807, 2.05) is 25.1 Å². The van der Waals surface area contributed by atoms with Gasteiger partial charge in [-0.2, -0.15) is 0 Å². The first-order valence-corrected chi connectivity index (χ1v) is 7.03. The Morgan fingerprint density at radius 3 is 2.81 bits per heavy atom. The number of amides is 1. The topological polar surface area (TPSA) is 75.4 Å². The molecule has 2 aromatic carbocycles. The van der Waals surface area contributed by atoms with Crippen LogP contribution in [0.4, 0.5) is 5.69 Å². The van der Waals surface area contributed by atoms with Gasteiger partial charge in [-0.1, -0.05) is 6.07 Å². The number of phenolic OH excluding ortho intramolecular Hbond substituents is 1. The fraction of sp³-hybridized carbons (Fsp3) is 0.235. The van der Waals surface area contributed by atoms with E-state index in [0.717, 1.165) is 24.1 Å². The molecule has 0 aliphatic heterocycles. The molecule has 4 nitrogen and oxygen atoms in total. The first kappa shape index (κ1) is 13.5. The van der Waals surface area contributed by atoms with Crippen LogP contribution in [0.5, 0.6) is 5.75 Å². The average molecular weight is 282 g/mol. The van der Waals surface area contributed by atoms with E-state index in [1.165, 1.54) is 11.1 Å². The smallest absolute Gasteiger partial charge is 0.248 e. The predicted molar refractivity (Wildman–Crippen MR) is 82.5 cm³/mol. The zero-order valence-electron chi connectivity index (χ0n) is 11.9. The molecular formula is C17H18N2O2. The highest BCUT2D eigenvalue weighted by Gasteiger charge is 2.23. The van der Waals surface area contributed by atoms with Gasteiger partial charge in [-0.15, -0.1) is 0 Å². The lowest BCUT2D eigenvalue weighted by Crippen LogP contribution is -2.12. The second-order valence-corrected chi connectivity index (χ2v) is 5.51. The standard InChI is InChI=1S/C17H18N2O2/c1-10-8-12(17(18)21)3-6-15(10)19-16-7-2-11-9-13(20)4-5-14(11)16/h3-6,8-9,16,19-20H,2,7H2,1H3,(H2,18,21). The van der Waals surface area contributed by atoms with E-state index in [9.17, 15) is 9.90 Å². The Morgan fingerprint density at radius 2 is 2.10 bits per heavy atom. The summed E-state index contributed by atoms with van der Waals surface area (Å²) in [6.45, 7) is 1.96. The lowest BCUT2D eigenvalue weighted by molar-refractivity contribution is 0.1000. The average Bonchev–Trinajstić information content (AvgIpc) is 2.83. The Morgan fingerprint density at radius 1 is 1.29 bits per heavy atom. The molecule has 2 aromatic rings. The van der Waals surface area contributed by atoms with Crippen molar-refractivity contribution in [2.75, 3.05) is 5.32 Å². The number of fused-ring (bicyclic) bond motifs is 1. The summed E-state index contributed by atoms with van der Waals surface area (Å²) in [6, 6.07) is 11.2. The molecule has 1 aliphatic rings. The molecule has 0 heterocycles. The van der Waals surface area contributed by atoms with E-state index in [2.05, 4.69) is 5.32 Å². The molecule has 108 valence electrons. The fourth-order valence-electron chi connectivity index (χ4n) is 2.92. The summed E-state index contributed by atoms with van der Waals surface area (Å²) >= 11 is 0. The maximum atomic E-state index is 11.2. The van der Waals surface area contributed by atoms with E-state index in [4.69, 9.17) is 5.73 Å². The largest absolute Gasteiger partial charge is 0.508 e. The van der Waals surface area contributed by atoms with Gasteiger partial charge in [0.05, 0.1) is 6.04 Å². The molecule has 0 bridgehead atoms. The summed E-state index contributed by atoms with van der Waals surface area (Å²) in [6.07, 6.45) is 1.95. The van der Waals surface area contributed by atoms with Gasteiger partial charge in [0.2, 0.25) is 5.91 Å². The van der Waals surface area contributed by atoms with Crippen LogP contribution in [0.2, 0.25) is 0 Å². The van der Waals surface area contributed by atoms with Crippen LogP contribution < -0.4 is 11.1 Å². The molecule has 3 rings (SSSR count). The van der Waals surface area contributed by atoms with Crippen molar-refractivity contribution in [1.29, 1.82) is 0 Å². The quantitative estimate of drug-likeness (QED) is 0.810. The molecule has 1 amide bonds. The molecule has 1 aliphatic carbocycles. The van der Waals surface area contributed by atoms with Crippen molar-refractivity contribution >= 4 is 11.6 Å². The Hall–Kier alpha value is -2.49. The third-order valence-electron chi connectivity index (χ3n) is 4.04. The number of aromatic hydroxyl groups is 1. The number of hydrogen-bond acceptors (Lipinski definition) is 3. The van der Waals surface area contributed by atoms with Crippen LogP contribution in [0.3, 0.4) is 0 Å². The number of benzene rings is 2. The van der Waals surface area contributed by atoms with Crippen LogP contribution in [-0.4, -0.2) is 11.0 Å². The van der Waals surface area contributed by atoms with Crippen molar-refractivity contribution in [2.24, 2.45) is 5.73 Å². The van der Waals surface area contributed by atoms with Crippen molar-refractivity contribution in [1.82, 2.24) is 0 Å². The molecule has 4 N–H and O–H groups in total. The molecule has 0 saturated heterocycles. The zero-order chi connectivity index (χ0) is 15.0. The van der Waals surface area contributed by atoms with Crippen LogP contribution in [-0.2, 0) is 6.42 Å². The molecule has 4 heteroatoms. The number of aryl methyl sites for hydroxylation is 2. The second-order valence-electron chi connectivity index (χ2n) is 5.51. The highest BCUT2D eigenvalue weighted by atomic mass is 16.3. The highest BCUT2D eigenvalue weighted by Crippen LogP contribution is 2.36. The minimum absolute atomic E-state index is 0.235. The molecule has 1 unspecified atom stereocenters. The first-order chi connectivity index (χ1) is 10.0. The lowest BCUT2D eigenvalue weighted by atomic mass is 10.1. The Bertz CT molecular complexity index is 710. The van der Waals surface area contributed by atoms with E-state index >= 15 is 0 Å². The minimum Gasteiger partial charge on any atom is -0.508 e. The second kappa shape index (κ2) is 5.13. The number of carbonyl (C=O) groups is 1. The summed E-state index contributed by atoms with van der Waals surface area (Å²) in [5, 5.41) is 13.1. The predicted octanol–water partition coefficient (Wildman–Crippen LogP) is 2.90. The van der Waals surface area contributed by atoms with Crippen LogP contribution in [0.1, 0.15) is 39.5 Å². The van der Waals surface area contributed by atoms with Gasteiger partial charge in [-0.3, -0.25) is 4.79 Å². The highest BCUT2D eigenvalue weighted by molar-refractivity contribution is 5.93. The molecule has 0 fully saturated rings. The van der Waals surface area contributed by atoms with Crippen molar-refractivity contribution < 1.29 is 9.90 Å². The third-order valence-corrected chi connectivity index (χ3v) is 4.04. The number of phenols is 1. The first-order valence-electron chi connectivity index (χ1n) is 7.03. The molecule has 0 spiro atoms. The number of primary amides is 1. The number of anilines is 1. The third kappa shape index (κ3) is 2.57. The number of rotatable bonds is 3. The Labute approximate surface area is 123 Å². The summed E-state index contributed by atoms with van der Waals surface area (Å²) in [5.41, 5.74) is 10.2. The number of carbonyl (C=O) groups excluding carboxylic acids is 1. The van der Waals surface area contributed by atoms with Gasteiger partial charge in [-0.05, 0) is 66.8 Å².